The van der Waals surface area contributed by atoms with Gasteiger partial charge in [0.25, 0.3) is 0 Å². The predicted molar refractivity (Wildman–Crippen MR) is 118 cm³/mol. The van der Waals surface area contributed by atoms with E-state index in [1.54, 1.807) is 30.6 Å². The van der Waals surface area contributed by atoms with Crippen LogP contribution in [0.15, 0.2) is 48.8 Å². The van der Waals surface area contributed by atoms with Crippen molar-refractivity contribution in [3.05, 3.63) is 60.3 Å². The molecular weight excluding hydrogens is 395 g/mol. The lowest BCUT2D eigenvalue weighted by Crippen LogP contribution is -2.10. The first-order valence-corrected chi connectivity index (χ1v) is 10.5. The van der Waals surface area contributed by atoms with Gasteiger partial charge >= 0.3 is 0 Å². The van der Waals surface area contributed by atoms with E-state index in [1.165, 1.54) is 25.3 Å². The molecule has 1 aliphatic carbocycles. The number of hydrogen-bond acceptors (Lipinski definition) is 6. The summed E-state index contributed by atoms with van der Waals surface area (Å²) < 4.78 is 20.6. The largest absolute Gasteiger partial charge is 0.453 e. The van der Waals surface area contributed by atoms with Crippen LogP contribution in [0.4, 0.5) is 21.8 Å². The number of halogens is 1. The fourth-order valence-corrected chi connectivity index (χ4v) is 4.11. The Bertz CT molecular complexity index is 1220. The van der Waals surface area contributed by atoms with E-state index in [-0.39, 0.29) is 11.7 Å². The van der Waals surface area contributed by atoms with E-state index in [2.05, 4.69) is 25.3 Å². The molecule has 0 unspecified atom stereocenters. The van der Waals surface area contributed by atoms with Crippen LogP contribution in [0, 0.1) is 5.82 Å². The van der Waals surface area contributed by atoms with Crippen LogP contribution >= 0.6 is 0 Å². The van der Waals surface area contributed by atoms with Crippen molar-refractivity contribution in [2.24, 2.45) is 0 Å². The van der Waals surface area contributed by atoms with Crippen molar-refractivity contribution in [1.29, 1.82) is 0 Å². The van der Waals surface area contributed by atoms with E-state index in [0.717, 1.165) is 23.9 Å². The highest BCUT2D eigenvalue weighted by Gasteiger charge is 2.18. The maximum atomic E-state index is 14.8. The van der Waals surface area contributed by atoms with Crippen molar-refractivity contribution in [2.75, 3.05) is 11.1 Å². The molecule has 8 heteroatoms. The van der Waals surface area contributed by atoms with Crippen LogP contribution in [0.5, 0.6) is 11.5 Å². The van der Waals surface area contributed by atoms with Crippen LogP contribution in [0.1, 0.15) is 43.7 Å². The van der Waals surface area contributed by atoms with Crippen LogP contribution in [0.2, 0.25) is 0 Å². The first-order valence-electron chi connectivity index (χ1n) is 10.5. The smallest absolute Gasteiger partial charge is 0.222 e. The van der Waals surface area contributed by atoms with Crippen LogP contribution < -0.4 is 15.8 Å². The summed E-state index contributed by atoms with van der Waals surface area (Å²) in [7, 11) is 0. The Kier molecular flexibility index (Phi) is 5.11. The van der Waals surface area contributed by atoms with Gasteiger partial charge < -0.3 is 20.8 Å². The van der Waals surface area contributed by atoms with Gasteiger partial charge in [0.15, 0.2) is 11.6 Å². The van der Waals surface area contributed by atoms with Crippen molar-refractivity contribution in [3.63, 3.8) is 0 Å². The van der Waals surface area contributed by atoms with E-state index < -0.39 is 5.82 Å². The summed E-state index contributed by atoms with van der Waals surface area (Å²) in [6.45, 7) is 0. The molecule has 3 heterocycles. The molecule has 1 aromatic carbocycles. The summed E-state index contributed by atoms with van der Waals surface area (Å²) in [5.74, 6) is 1.36. The summed E-state index contributed by atoms with van der Waals surface area (Å²) in [5.41, 5.74) is 8.12. The molecule has 3 aromatic heterocycles. The Morgan fingerprint density at radius 2 is 1.90 bits per heavy atom. The van der Waals surface area contributed by atoms with Gasteiger partial charge in [-0.2, -0.15) is 4.98 Å². The topological polar surface area (TPSA) is 102 Å². The summed E-state index contributed by atoms with van der Waals surface area (Å²) >= 11 is 0. The number of fused-ring (bicyclic) bond motifs is 1. The van der Waals surface area contributed by atoms with Crippen molar-refractivity contribution in [2.45, 2.75) is 38.0 Å². The Morgan fingerprint density at radius 1 is 1.03 bits per heavy atom. The summed E-state index contributed by atoms with van der Waals surface area (Å²) in [5, 5.41) is 3.93. The number of nitrogens with one attached hydrogen (secondary N) is 2. The van der Waals surface area contributed by atoms with Crippen LogP contribution in [0.25, 0.3) is 11.0 Å². The molecule has 0 amide bonds. The van der Waals surface area contributed by atoms with Gasteiger partial charge in [-0.15, -0.1) is 0 Å². The Morgan fingerprint density at radius 3 is 2.74 bits per heavy atom. The lowest BCUT2D eigenvalue weighted by atomic mass is 9.87. The van der Waals surface area contributed by atoms with Crippen molar-refractivity contribution in [1.82, 2.24) is 19.9 Å². The molecular formula is C23H23FN6O. The van der Waals surface area contributed by atoms with Crippen molar-refractivity contribution >= 4 is 28.5 Å². The van der Waals surface area contributed by atoms with Crippen LogP contribution in [-0.2, 0) is 0 Å². The SMILES string of the molecule is Nc1nc(Nc2ccc(Oc3ccnc4[nH]ccc34)c(F)c2)cc(C2CCCCC2)n1. The van der Waals surface area contributed by atoms with Gasteiger partial charge in [-0.05, 0) is 37.1 Å². The van der Waals surface area contributed by atoms with Crippen molar-refractivity contribution in [3.8, 4) is 11.5 Å². The second-order valence-corrected chi connectivity index (χ2v) is 7.79. The number of anilines is 3. The lowest BCUT2D eigenvalue weighted by molar-refractivity contribution is 0.437. The molecule has 31 heavy (non-hydrogen) atoms. The molecule has 0 radical (unpaired) electrons. The first-order chi connectivity index (χ1) is 15.2. The maximum Gasteiger partial charge on any atom is 0.222 e. The fraction of sp³-hybridized carbons (Fsp3) is 0.261. The first kappa shape index (κ1) is 19.3. The van der Waals surface area contributed by atoms with Crippen LogP contribution in [-0.4, -0.2) is 19.9 Å². The van der Waals surface area contributed by atoms with Gasteiger partial charge in [-0.1, -0.05) is 19.3 Å². The Hall–Kier alpha value is -3.68. The number of rotatable bonds is 5. The van der Waals surface area contributed by atoms with Gasteiger partial charge in [0.1, 0.15) is 17.2 Å². The molecule has 0 aliphatic heterocycles. The number of aromatic nitrogens is 4. The summed E-state index contributed by atoms with van der Waals surface area (Å²) in [6.07, 6.45) is 9.28. The number of H-pyrrole nitrogens is 1. The number of pyridine rings is 1. The number of benzene rings is 1. The minimum atomic E-state index is -0.486. The van der Waals surface area contributed by atoms with E-state index in [0.29, 0.717) is 28.8 Å². The normalized spacial score (nSPS) is 14.6. The second kappa shape index (κ2) is 8.22. The molecule has 0 atom stereocenters. The highest BCUT2D eigenvalue weighted by molar-refractivity contribution is 5.82. The molecule has 1 fully saturated rings. The third kappa shape index (κ3) is 4.14. The number of hydrogen-bond donors (Lipinski definition) is 3. The number of nitrogens with zero attached hydrogens (tertiary/aromatic N) is 3. The zero-order valence-electron chi connectivity index (χ0n) is 16.9. The lowest BCUT2D eigenvalue weighted by Gasteiger charge is -2.21. The minimum absolute atomic E-state index is 0.129. The maximum absolute atomic E-state index is 14.8. The molecule has 1 aliphatic rings. The summed E-state index contributed by atoms with van der Waals surface area (Å²) in [4.78, 5) is 15.9. The van der Waals surface area contributed by atoms with Gasteiger partial charge in [0.2, 0.25) is 5.95 Å². The van der Waals surface area contributed by atoms with E-state index in [1.807, 2.05) is 12.1 Å². The molecule has 0 spiro atoms. The van der Waals surface area contributed by atoms with E-state index in [4.69, 9.17) is 10.5 Å². The molecule has 4 aromatic rings. The third-order valence-corrected chi connectivity index (χ3v) is 5.63. The standard InChI is InChI=1S/C23H23FN6O/c24-17-12-15(6-7-20(17)31-19-9-11-27-22-16(19)8-10-26-22)28-21-13-18(29-23(25)30-21)14-4-2-1-3-5-14/h6-14H,1-5H2,(H,26,27)(H3,25,28,29,30). The third-order valence-electron chi connectivity index (χ3n) is 5.63. The molecule has 4 N–H and O–H groups in total. The summed E-state index contributed by atoms with van der Waals surface area (Å²) in [6, 6.07) is 10.2. The van der Waals surface area contributed by atoms with E-state index in [9.17, 15) is 4.39 Å². The Labute approximate surface area is 178 Å². The van der Waals surface area contributed by atoms with Gasteiger partial charge in [-0.25, -0.2) is 14.4 Å². The zero-order valence-corrected chi connectivity index (χ0v) is 16.9. The average Bonchev–Trinajstić information content (AvgIpc) is 3.26. The average molecular weight is 418 g/mol. The monoisotopic (exact) mass is 418 g/mol. The quantitative estimate of drug-likeness (QED) is 0.387. The molecule has 158 valence electrons. The highest BCUT2D eigenvalue weighted by Crippen LogP contribution is 2.34. The predicted octanol–water partition coefficient (Wildman–Crippen LogP) is 5.66. The zero-order chi connectivity index (χ0) is 21.2. The van der Waals surface area contributed by atoms with Crippen molar-refractivity contribution < 1.29 is 9.13 Å². The number of nitrogens with two attached hydrogens (primary N) is 1. The highest BCUT2D eigenvalue weighted by atomic mass is 19.1. The molecule has 0 saturated heterocycles. The van der Waals surface area contributed by atoms with E-state index >= 15 is 0 Å². The van der Waals surface area contributed by atoms with Gasteiger partial charge in [0, 0.05) is 36.1 Å². The Balaban J connectivity index is 1.36. The van der Waals surface area contributed by atoms with Gasteiger partial charge in [-0.3, -0.25) is 0 Å². The molecule has 0 bridgehead atoms. The fourth-order valence-electron chi connectivity index (χ4n) is 4.11. The van der Waals surface area contributed by atoms with Crippen LogP contribution in [0.3, 0.4) is 0 Å². The molecule has 1 saturated carbocycles. The molecule has 5 rings (SSSR count). The number of aromatic amines is 1. The minimum Gasteiger partial charge on any atom is -0.453 e. The second-order valence-electron chi connectivity index (χ2n) is 7.79. The van der Waals surface area contributed by atoms with Gasteiger partial charge in [0.05, 0.1) is 11.1 Å². The number of nitrogen functional groups attached to an aromatic ring is 1. The number of ether oxygens (including phenoxy) is 1. The molecule has 7 nitrogen and oxygen atoms in total.